The molecule has 2 aromatic rings. The first-order chi connectivity index (χ1) is 12.0. The summed E-state index contributed by atoms with van der Waals surface area (Å²) in [5.41, 5.74) is 1.26. The van der Waals surface area contributed by atoms with Gasteiger partial charge in [0.1, 0.15) is 5.75 Å². The van der Waals surface area contributed by atoms with E-state index in [2.05, 4.69) is 15.9 Å². The molecule has 0 aromatic heterocycles. The number of benzene rings is 2. The van der Waals surface area contributed by atoms with Crippen LogP contribution in [-0.4, -0.2) is 18.7 Å². The molecule has 0 saturated carbocycles. The first-order valence-corrected chi connectivity index (χ1v) is 8.72. The summed E-state index contributed by atoms with van der Waals surface area (Å²) in [5, 5.41) is 9.65. The van der Waals surface area contributed by atoms with Crippen LogP contribution in [0.2, 0.25) is 5.02 Å². The summed E-state index contributed by atoms with van der Waals surface area (Å²) in [4.78, 5) is 12.5. The molecule has 0 fully saturated rings. The Bertz CT molecular complexity index is 878. The summed E-state index contributed by atoms with van der Waals surface area (Å²) < 4.78 is 17.1. The van der Waals surface area contributed by atoms with Gasteiger partial charge in [0, 0.05) is 17.5 Å². The fraction of sp³-hybridized carbons (Fsp3) is 0.222. The molecule has 0 N–H and O–H groups in total. The summed E-state index contributed by atoms with van der Waals surface area (Å²) in [6.07, 6.45) is -0.377. The van der Waals surface area contributed by atoms with Crippen molar-refractivity contribution in [3.05, 3.63) is 51.0 Å². The quantitative estimate of drug-likeness (QED) is 0.543. The lowest BCUT2D eigenvalue weighted by atomic mass is 10.1. The molecule has 1 heterocycles. The first-order valence-electron chi connectivity index (χ1n) is 7.55. The second-order valence-corrected chi connectivity index (χ2v) is 6.60. The molecule has 0 aliphatic carbocycles. The summed E-state index contributed by atoms with van der Waals surface area (Å²) in [6, 6.07) is 10.3. The topological polar surface area (TPSA) is 68.5 Å². The normalized spacial score (nSPS) is 15.0. The Morgan fingerprint density at radius 2 is 2.24 bits per heavy atom. The van der Waals surface area contributed by atoms with Gasteiger partial charge in [0.15, 0.2) is 17.6 Å². The van der Waals surface area contributed by atoms with Crippen molar-refractivity contribution in [2.45, 2.75) is 19.4 Å². The third-order valence-corrected chi connectivity index (χ3v) is 4.43. The summed E-state index contributed by atoms with van der Waals surface area (Å²) in [7, 11) is 0. The van der Waals surface area contributed by atoms with Gasteiger partial charge in [-0.2, -0.15) is 5.26 Å². The Labute approximate surface area is 158 Å². The molecule has 0 amide bonds. The smallest absolute Gasteiger partial charge is 0.353 e. The fourth-order valence-electron chi connectivity index (χ4n) is 2.51. The van der Waals surface area contributed by atoms with E-state index in [4.69, 9.17) is 31.1 Å². The minimum absolute atomic E-state index is 0.225. The van der Waals surface area contributed by atoms with Gasteiger partial charge < -0.3 is 14.2 Å². The molecular weight excluding hydrogens is 410 g/mol. The van der Waals surface area contributed by atoms with Crippen LogP contribution in [0.5, 0.6) is 17.2 Å². The lowest BCUT2D eigenvalue weighted by Crippen LogP contribution is -2.30. The van der Waals surface area contributed by atoms with Crippen LogP contribution in [0.15, 0.2) is 34.8 Å². The van der Waals surface area contributed by atoms with Crippen LogP contribution in [0.3, 0.4) is 0 Å². The molecule has 1 atom stereocenters. The van der Waals surface area contributed by atoms with E-state index in [9.17, 15) is 4.79 Å². The summed E-state index contributed by atoms with van der Waals surface area (Å²) >= 11 is 9.28. The highest BCUT2D eigenvalue weighted by molar-refractivity contribution is 9.10. The third kappa shape index (κ3) is 3.73. The van der Waals surface area contributed by atoms with Gasteiger partial charge in [-0.25, -0.2) is 4.79 Å². The maximum absolute atomic E-state index is 12.5. The highest BCUT2D eigenvalue weighted by Gasteiger charge is 2.32. The van der Waals surface area contributed by atoms with Gasteiger partial charge in [0.25, 0.3) is 0 Å². The zero-order chi connectivity index (χ0) is 18.0. The molecule has 0 radical (unpaired) electrons. The van der Waals surface area contributed by atoms with Gasteiger partial charge in [-0.15, -0.1) is 0 Å². The predicted octanol–water partition coefficient (Wildman–Crippen LogP) is 4.28. The van der Waals surface area contributed by atoms with Crippen LogP contribution >= 0.6 is 27.5 Å². The van der Waals surface area contributed by atoms with Gasteiger partial charge >= 0.3 is 5.97 Å². The van der Waals surface area contributed by atoms with E-state index in [0.717, 1.165) is 5.56 Å². The molecule has 25 heavy (non-hydrogen) atoms. The van der Waals surface area contributed by atoms with Gasteiger partial charge in [-0.3, -0.25) is 0 Å². The Balaban J connectivity index is 1.81. The average Bonchev–Trinajstić information content (AvgIpc) is 3.00. The number of halogens is 2. The maximum Gasteiger partial charge on any atom is 0.353 e. The highest BCUT2D eigenvalue weighted by atomic mass is 79.9. The van der Waals surface area contributed by atoms with Gasteiger partial charge in [0.2, 0.25) is 0 Å². The van der Waals surface area contributed by atoms with Crippen molar-refractivity contribution in [1.82, 2.24) is 0 Å². The molecular formula is C18H13BrClNO4. The SMILES string of the molecule is CCOc1cc(C#N)cc(Br)c1OC(=O)C1Cc2cc(Cl)ccc2O1. The second-order valence-electron chi connectivity index (χ2n) is 5.31. The van der Waals surface area contributed by atoms with Crippen molar-refractivity contribution >= 4 is 33.5 Å². The number of nitriles is 1. The molecule has 1 aliphatic heterocycles. The Morgan fingerprint density at radius 3 is 2.96 bits per heavy atom. The minimum atomic E-state index is -0.759. The zero-order valence-corrected chi connectivity index (χ0v) is 15.6. The number of esters is 1. The summed E-state index contributed by atoms with van der Waals surface area (Å²) in [6.45, 7) is 2.18. The van der Waals surface area contributed by atoms with E-state index in [-0.39, 0.29) is 5.75 Å². The van der Waals surface area contributed by atoms with Gasteiger partial charge in [-0.05, 0) is 52.7 Å². The van der Waals surface area contributed by atoms with Crippen LogP contribution in [0.25, 0.3) is 0 Å². The molecule has 1 aliphatic rings. The van der Waals surface area contributed by atoms with E-state index in [1.807, 2.05) is 6.07 Å². The van der Waals surface area contributed by atoms with Crippen molar-refractivity contribution in [2.24, 2.45) is 0 Å². The molecule has 5 nitrogen and oxygen atoms in total. The number of ether oxygens (including phenoxy) is 3. The first kappa shape index (κ1) is 17.6. The molecule has 7 heteroatoms. The van der Waals surface area contributed by atoms with Crippen molar-refractivity contribution in [3.8, 4) is 23.3 Å². The Hall–Kier alpha value is -2.23. The standard InChI is InChI=1S/C18H13BrClNO4/c1-2-23-15-6-10(9-21)5-13(19)17(15)25-18(22)16-8-11-7-12(20)3-4-14(11)24-16/h3-7,16H,2,8H2,1H3. The van der Waals surface area contributed by atoms with Crippen LogP contribution in [0, 0.1) is 11.3 Å². The van der Waals surface area contributed by atoms with E-state index in [1.165, 1.54) is 6.07 Å². The molecule has 2 aromatic carbocycles. The van der Waals surface area contributed by atoms with E-state index in [1.54, 1.807) is 31.2 Å². The maximum atomic E-state index is 12.5. The minimum Gasteiger partial charge on any atom is -0.490 e. The van der Waals surface area contributed by atoms with Gasteiger partial charge in [-0.1, -0.05) is 11.6 Å². The lowest BCUT2D eigenvalue weighted by molar-refractivity contribution is -0.141. The van der Waals surface area contributed by atoms with Crippen LogP contribution in [-0.2, 0) is 11.2 Å². The number of carbonyl (C=O) groups is 1. The number of carbonyl (C=O) groups excluding carboxylic acids is 1. The zero-order valence-electron chi connectivity index (χ0n) is 13.2. The van der Waals surface area contributed by atoms with E-state index >= 15 is 0 Å². The largest absolute Gasteiger partial charge is 0.490 e. The van der Waals surface area contributed by atoms with Crippen molar-refractivity contribution < 1.29 is 19.0 Å². The predicted molar refractivity (Wildman–Crippen MR) is 95.2 cm³/mol. The van der Waals surface area contributed by atoms with Crippen LogP contribution in [0.4, 0.5) is 0 Å². The molecule has 3 rings (SSSR count). The molecule has 0 saturated heterocycles. The Morgan fingerprint density at radius 1 is 1.44 bits per heavy atom. The summed E-state index contributed by atoms with van der Waals surface area (Å²) in [5.74, 6) is 0.623. The molecule has 128 valence electrons. The lowest BCUT2D eigenvalue weighted by Gasteiger charge is -2.15. The third-order valence-electron chi connectivity index (χ3n) is 3.60. The highest BCUT2D eigenvalue weighted by Crippen LogP contribution is 2.38. The van der Waals surface area contributed by atoms with Gasteiger partial charge in [0.05, 0.1) is 22.7 Å². The van der Waals surface area contributed by atoms with Crippen LogP contribution < -0.4 is 14.2 Å². The molecule has 0 spiro atoms. The number of nitrogens with zero attached hydrogens (tertiary/aromatic N) is 1. The average molecular weight is 423 g/mol. The van der Waals surface area contributed by atoms with Crippen molar-refractivity contribution in [3.63, 3.8) is 0 Å². The van der Waals surface area contributed by atoms with E-state index in [0.29, 0.717) is 39.6 Å². The van der Waals surface area contributed by atoms with Crippen molar-refractivity contribution in [1.29, 1.82) is 5.26 Å². The number of fused-ring (bicyclic) bond motifs is 1. The van der Waals surface area contributed by atoms with Crippen LogP contribution in [0.1, 0.15) is 18.1 Å². The van der Waals surface area contributed by atoms with Crippen molar-refractivity contribution in [2.75, 3.05) is 6.61 Å². The second kappa shape index (κ2) is 7.34. The number of hydrogen-bond donors (Lipinski definition) is 0. The fourth-order valence-corrected chi connectivity index (χ4v) is 3.23. The van der Waals surface area contributed by atoms with E-state index < -0.39 is 12.1 Å². The monoisotopic (exact) mass is 421 g/mol. The Kier molecular flexibility index (Phi) is 5.16. The number of rotatable bonds is 4. The number of hydrogen-bond acceptors (Lipinski definition) is 5. The molecule has 0 bridgehead atoms. The molecule has 1 unspecified atom stereocenters.